The molecule has 0 radical (unpaired) electrons. The van der Waals surface area contributed by atoms with Gasteiger partial charge in [-0.25, -0.2) is 13.1 Å². The summed E-state index contributed by atoms with van der Waals surface area (Å²) in [4.78, 5) is 2.53. The van der Waals surface area contributed by atoms with E-state index in [4.69, 9.17) is 0 Å². The van der Waals surface area contributed by atoms with Crippen LogP contribution in [0.3, 0.4) is 0 Å². The van der Waals surface area contributed by atoms with Crippen LogP contribution in [-0.4, -0.2) is 25.9 Å². The molecule has 0 atom stereocenters. The monoisotopic (exact) mass is 268 g/mol. The topological polar surface area (TPSA) is 49.4 Å². The maximum absolute atomic E-state index is 12.4. The van der Waals surface area contributed by atoms with Crippen molar-refractivity contribution in [3.8, 4) is 0 Å². The molecule has 1 N–H and O–H groups in total. The Bertz CT molecular complexity index is 559. The molecule has 5 heteroatoms. The Morgan fingerprint density at radius 3 is 2.50 bits per heavy atom. The van der Waals surface area contributed by atoms with Crippen LogP contribution >= 0.6 is 0 Å². The van der Waals surface area contributed by atoms with E-state index in [1.54, 1.807) is 6.07 Å². The van der Waals surface area contributed by atoms with Gasteiger partial charge in [0.25, 0.3) is 0 Å². The summed E-state index contributed by atoms with van der Waals surface area (Å²) in [6.45, 7) is 7.05. The average molecular weight is 268 g/mol. The van der Waals surface area contributed by atoms with Crippen LogP contribution in [0.25, 0.3) is 0 Å². The molecule has 1 heterocycles. The summed E-state index contributed by atoms with van der Waals surface area (Å²) in [5.74, 6) is 0. The largest absolute Gasteiger partial charge is 0.298 e. The molecule has 2 rings (SSSR count). The highest BCUT2D eigenvalue weighted by molar-refractivity contribution is 7.89. The van der Waals surface area contributed by atoms with Gasteiger partial charge in [0.15, 0.2) is 0 Å². The molecule has 100 valence electrons. The number of sulfonamides is 1. The van der Waals surface area contributed by atoms with E-state index in [1.165, 1.54) is 0 Å². The van der Waals surface area contributed by atoms with Crippen molar-refractivity contribution in [1.29, 1.82) is 0 Å². The molecule has 0 unspecified atom stereocenters. The quantitative estimate of drug-likeness (QED) is 0.888. The van der Waals surface area contributed by atoms with E-state index in [2.05, 4.69) is 9.62 Å². The second-order valence-corrected chi connectivity index (χ2v) is 7.57. The molecule has 1 aliphatic heterocycles. The predicted molar refractivity (Wildman–Crippen MR) is 71.7 cm³/mol. The van der Waals surface area contributed by atoms with Gasteiger partial charge >= 0.3 is 0 Å². The molecule has 0 aliphatic carbocycles. The maximum Gasteiger partial charge on any atom is 0.241 e. The smallest absolute Gasteiger partial charge is 0.241 e. The Labute approximate surface area is 109 Å². The number of nitrogens with one attached hydrogen (secondary N) is 1. The molecule has 1 aromatic carbocycles. The lowest BCUT2D eigenvalue weighted by molar-refractivity contribution is 0.351. The third kappa shape index (κ3) is 2.74. The van der Waals surface area contributed by atoms with E-state index in [0.29, 0.717) is 11.4 Å². The summed E-state index contributed by atoms with van der Waals surface area (Å²) in [7, 11) is -1.45. The predicted octanol–water partition coefficient (Wildman–Crippen LogP) is 1.71. The lowest BCUT2D eigenvalue weighted by Gasteiger charge is -2.21. The highest BCUT2D eigenvalue weighted by Crippen LogP contribution is 2.28. The van der Waals surface area contributed by atoms with Crippen molar-refractivity contribution in [2.45, 2.75) is 44.3 Å². The van der Waals surface area contributed by atoms with E-state index in [1.807, 2.05) is 40.0 Å². The lowest BCUT2D eigenvalue weighted by Crippen LogP contribution is -2.40. The van der Waals surface area contributed by atoms with Crippen molar-refractivity contribution < 1.29 is 8.42 Å². The Morgan fingerprint density at radius 1 is 1.22 bits per heavy atom. The van der Waals surface area contributed by atoms with E-state index in [9.17, 15) is 8.42 Å². The minimum absolute atomic E-state index is 0.416. The van der Waals surface area contributed by atoms with Crippen molar-refractivity contribution >= 4 is 10.0 Å². The maximum atomic E-state index is 12.4. The lowest BCUT2D eigenvalue weighted by atomic mass is 10.1. The fourth-order valence-corrected chi connectivity index (χ4v) is 3.96. The second kappa shape index (κ2) is 4.33. The molecule has 4 nitrogen and oxygen atoms in total. The molecule has 0 saturated heterocycles. The minimum Gasteiger partial charge on any atom is -0.298 e. The number of fused-ring (bicyclic) bond motifs is 1. The molecule has 0 aromatic heterocycles. The first-order valence-electron chi connectivity index (χ1n) is 6.02. The molecule has 0 bridgehead atoms. The summed E-state index contributed by atoms with van der Waals surface area (Å²) in [5.41, 5.74) is 1.57. The van der Waals surface area contributed by atoms with Gasteiger partial charge in [-0.3, -0.25) is 4.90 Å². The van der Waals surface area contributed by atoms with Gasteiger partial charge in [0.05, 0.1) is 4.90 Å². The second-order valence-electron chi connectivity index (χ2n) is 5.92. The number of benzene rings is 1. The molecular formula is C13H20N2O2S. The van der Waals surface area contributed by atoms with E-state index >= 15 is 0 Å². The van der Waals surface area contributed by atoms with Crippen LogP contribution in [0.15, 0.2) is 23.1 Å². The van der Waals surface area contributed by atoms with Crippen molar-refractivity contribution in [3.63, 3.8) is 0 Å². The molecular weight excluding hydrogens is 248 g/mol. The number of nitrogens with zero attached hydrogens (tertiary/aromatic N) is 1. The Balaban J connectivity index is 2.45. The summed E-state index contributed by atoms with van der Waals surface area (Å²) < 4.78 is 27.5. The Kier molecular flexibility index (Phi) is 3.25. The van der Waals surface area contributed by atoms with Gasteiger partial charge < -0.3 is 0 Å². The van der Waals surface area contributed by atoms with E-state index in [0.717, 1.165) is 17.7 Å². The van der Waals surface area contributed by atoms with Crippen LogP contribution in [0.2, 0.25) is 0 Å². The fourth-order valence-electron chi connectivity index (χ4n) is 2.27. The van der Waals surface area contributed by atoms with Gasteiger partial charge in [-0.2, -0.15) is 0 Å². The first kappa shape index (κ1) is 13.5. The number of hydrogen-bond acceptors (Lipinski definition) is 3. The van der Waals surface area contributed by atoms with Crippen LogP contribution in [0.1, 0.15) is 31.9 Å². The zero-order valence-corrected chi connectivity index (χ0v) is 12.1. The van der Waals surface area contributed by atoms with Crippen LogP contribution in [0.4, 0.5) is 0 Å². The van der Waals surface area contributed by atoms with Gasteiger partial charge in [0.2, 0.25) is 10.0 Å². The highest BCUT2D eigenvalue weighted by Gasteiger charge is 2.28. The summed E-state index contributed by atoms with van der Waals surface area (Å²) in [6, 6.07) is 5.50. The summed E-state index contributed by atoms with van der Waals surface area (Å²) in [6.07, 6.45) is 0. The number of hydrogen-bond donors (Lipinski definition) is 1. The van der Waals surface area contributed by atoms with Gasteiger partial charge in [-0.15, -0.1) is 0 Å². The molecule has 0 spiro atoms. The molecule has 0 saturated carbocycles. The summed E-state index contributed by atoms with van der Waals surface area (Å²) >= 11 is 0. The van der Waals surface area contributed by atoms with Crippen molar-refractivity contribution in [1.82, 2.24) is 9.62 Å². The van der Waals surface area contributed by atoms with Crippen LogP contribution in [-0.2, 0) is 23.1 Å². The molecule has 0 amide bonds. The normalized spacial score (nSPS) is 16.9. The van der Waals surface area contributed by atoms with Crippen molar-refractivity contribution in [2.75, 3.05) is 7.05 Å². The van der Waals surface area contributed by atoms with Crippen molar-refractivity contribution in [3.05, 3.63) is 29.3 Å². The van der Waals surface area contributed by atoms with Crippen LogP contribution < -0.4 is 4.72 Å². The zero-order valence-electron chi connectivity index (χ0n) is 11.3. The first-order chi connectivity index (χ1) is 8.19. The SMILES string of the molecule is CN1Cc2cccc(S(=O)(=O)NC(C)(C)C)c2C1. The summed E-state index contributed by atoms with van der Waals surface area (Å²) in [5, 5.41) is 0. The third-order valence-electron chi connectivity index (χ3n) is 2.83. The Morgan fingerprint density at radius 2 is 1.89 bits per heavy atom. The standard InChI is InChI=1S/C13H20N2O2S/c1-13(2,3)14-18(16,17)12-7-5-6-10-8-15(4)9-11(10)12/h5-7,14H,8-9H2,1-4H3. The highest BCUT2D eigenvalue weighted by atomic mass is 32.2. The first-order valence-corrected chi connectivity index (χ1v) is 7.51. The average Bonchev–Trinajstić information content (AvgIpc) is 2.52. The fraction of sp³-hybridized carbons (Fsp3) is 0.538. The molecule has 1 aromatic rings. The van der Waals surface area contributed by atoms with Gasteiger partial charge in [-0.1, -0.05) is 12.1 Å². The molecule has 0 fully saturated rings. The minimum atomic E-state index is -3.44. The van der Waals surface area contributed by atoms with Gasteiger partial charge in [0.1, 0.15) is 0 Å². The van der Waals surface area contributed by atoms with Crippen molar-refractivity contribution in [2.24, 2.45) is 0 Å². The third-order valence-corrected chi connectivity index (χ3v) is 4.67. The van der Waals surface area contributed by atoms with Gasteiger partial charge in [0, 0.05) is 18.6 Å². The molecule has 1 aliphatic rings. The molecule has 18 heavy (non-hydrogen) atoms. The van der Waals surface area contributed by atoms with Crippen LogP contribution in [0, 0.1) is 0 Å². The van der Waals surface area contributed by atoms with E-state index in [-0.39, 0.29) is 0 Å². The number of rotatable bonds is 2. The van der Waals surface area contributed by atoms with E-state index < -0.39 is 15.6 Å². The Hall–Kier alpha value is -0.910. The zero-order chi connectivity index (χ0) is 13.6. The van der Waals surface area contributed by atoms with Crippen LogP contribution in [0.5, 0.6) is 0 Å². The van der Waals surface area contributed by atoms with Gasteiger partial charge in [-0.05, 0) is 45.0 Å².